The highest BCUT2D eigenvalue weighted by molar-refractivity contribution is 5.94. The van der Waals surface area contributed by atoms with Gasteiger partial charge in [0, 0.05) is 30.3 Å². The number of unbranched alkanes of at least 4 members (excludes halogenated alkanes) is 2. The van der Waals surface area contributed by atoms with Crippen LogP contribution in [0, 0.1) is 0 Å². The lowest BCUT2D eigenvalue weighted by atomic mass is 10.1. The molecular weight excluding hydrogens is 318 g/mol. The fraction of sp³-hybridized carbons (Fsp3) is 0.650. The maximum absolute atomic E-state index is 11.6. The van der Waals surface area contributed by atoms with Crippen LogP contribution in [0.1, 0.15) is 62.9 Å². The van der Waals surface area contributed by atoms with Crippen LogP contribution in [0.15, 0.2) is 18.2 Å². The summed E-state index contributed by atoms with van der Waals surface area (Å²) in [5.74, 6) is 0.670. The normalized spacial score (nSPS) is 12.4. The van der Waals surface area contributed by atoms with Crippen molar-refractivity contribution in [1.82, 2.24) is 5.32 Å². The molecule has 5 nitrogen and oxygen atoms in total. The first-order valence-electron chi connectivity index (χ1n) is 9.19. The van der Waals surface area contributed by atoms with Crippen LogP contribution in [0.25, 0.3) is 0 Å². The van der Waals surface area contributed by atoms with E-state index in [2.05, 4.69) is 12.2 Å². The lowest BCUT2D eigenvalue weighted by Crippen LogP contribution is -2.35. The highest BCUT2D eigenvalue weighted by Crippen LogP contribution is 2.22. The highest BCUT2D eigenvalue weighted by Gasteiger charge is 2.11. The smallest absolute Gasteiger partial charge is 0.159 e. The fourth-order valence-corrected chi connectivity index (χ4v) is 2.30. The molecule has 2 N–H and O–H groups in total. The molecular formula is C20H33NO4. The van der Waals surface area contributed by atoms with Crippen LogP contribution < -0.4 is 10.1 Å². The van der Waals surface area contributed by atoms with Crippen molar-refractivity contribution in [3.05, 3.63) is 29.3 Å². The minimum absolute atomic E-state index is 0.0138. The zero-order valence-corrected chi connectivity index (χ0v) is 16.0. The van der Waals surface area contributed by atoms with Crippen molar-refractivity contribution in [3.8, 4) is 5.75 Å². The summed E-state index contributed by atoms with van der Waals surface area (Å²) >= 11 is 0. The Morgan fingerprint density at radius 3 is 2.68 bits per heavy atom. The number of nitrogens with one attached hydrogen (secondary N) is 1. The summed E-state index contributed by atoms with van der Waals surface area (Å²) in [6.07, 6.45) is 2.73. The number of benzene rings is 1. The van der Waals surface area contributed by atoms with Gasteiger partial charge in [-0.3, -0.25) is 4.79 Å². The fourth-order valence-electron chi connectivity index (χ4n) is 2.30. The Kier molecular flexibility index (Phi) is 10.4. The molecule has 0 amide bonds. The highest BCUT2D eigenvalue weighted by atomic mass is 16.5. The van der Waals surface area contributed by atoms with Gasteiger partial charge in [-0.1, -0.05) is 33.6 Å². The Balaban J connectivity index is 2.64. The zero-order valence-electron chi connectivity index (χ0n) is 16.0. The predicted molar refractivity (Wildman–Crippen MR) is 100 cm³/mol. The van der Waals surface area contributed by atoms with E-state index in [4.69, 9.17) is 9.47 Å². The van der Waals surface area contributed by atoms with E-state index in [9.17, 15) is 9.90 Å². The minimum Gasteiger partial charge on any atom is -0.490 e. The van der Waals surface area contributed by atoms with Gasteiger partial charge in [-0.15, -0.1) is 0 Å². The van der Waals surface area contributed by atoms with Crippen molar-refractivity contribution < 1.29 is 19.4 Å². The molecule has 0 aliphatic carbocycles. The minimum atomic E-state index is -0.590. The third-order valence-corrected chi connectivity index (χ3v) is 3.81. The van der Waals surface area contributed by atoms with Gasteiger partial charge in [0.2, 0.25) is 0 Å². The molecule has 142 valence electrons. The summed E-state index contributed by atoms with van der Waals surface area (Å²) in [6, 6.07) is 5.66. The Morgan fingerprint density at radius 2 is 2.04 bits per heavy atom. The van der Waals surface area contributed by atoms with Gasteiger partial charge >= 0.3 is 0 Å². The lowest BCUT2D eigenvalue weighted by Gasteiger charge is -2.17. The van der Waals surface area contributed by atoms with Gasteiger partial charge in [0.15, 0.2) is 5.78 Å². The molecule has 25 heavy (non-hydrogen) atoms. The van der Waals surface area contributed by atoms with E-state index >= 15 is 0 Å². The van der Waals surface area contributed by atoms with Crippen molar-refractivity contribution in [1.29, 1.82) is 0 Å². The molecule has 0 aromatic heterocycles. The number of hydrogen-bond donors (Lipinski definition) is 2. The summed E-state index contributed by atoms with van der Waals surface area (Å²) in [7, 11) is 0. The molecule has 1 unspecified atom stereocenters. The Bertz CT molecular complexity index is 516. The largest absolute Gasteiger partial charge is 0.490 e. The number of aliphatic hydroxyl groups excluding tert-OH is 1. The molecule has 1 aromatic carbocycles. The summed E-state index contributed by atoms with van der Waals surface area (Å²) in [5, 5.41) is 13.2. The van der Waals surface area contributed by atoms with Crippen molar-refractivity contribution in [2.75, 3.05) is 19.8 Å². The Morgan fingerprint density at radius 1 is 1.28 bits per heavy atom. The van der Waals surface area contributed by atoms with Gasteiger partial charge in [-0.25, -0.2) is 0 Å². The van der Waals surface area contributed by atoms with Crippen LogP contribution in [0.3, 0.4) is 0 Å². The first kappa shape index (κ1) is 21.6. The van der Waals surface area contributed by atoms with Gasteiger partial charge in [-0.05, 0) is 31.5 Å². The van der Waals surface area contributed by atoms with Gasteiger partial charge in [0.05, 0.1) is 6.61 Å². The maximum Gasteiger partial charge on any atom is 0.159 e. The average molecular weight is 351 g/mol. The van der Waals surface area contributed by atoms with Crippen LogP contribution in [0.5, 0.6) is 5.75 Å². The topological polar surface area (TPSA) is 67.8 Å². The molecule has 0 saturated carbocycles. The second-order valence-electron chi connectivity index (χ2n) is 6.67. The van der Waals surface area contributed by atoms with E-state index < -0.39 is 6.10 Å². The quantitative estimate of drug-likeness (QED) is 0.421. The van der Waals surface area contributed by atoms with E-state index in [1.807, 2.05) is 19.9 Å². The molecule has 0 saturated heterocycles. The third kappa shape index (κ3) is 9.00. The van der Waals surface area contributed by atoms with E-state index in [1.165, 1.54) is 0 Å². The number of carbonyl (C=O) groups excluding carboxylic acids is 1. The van der Waals surface area contributed by atoms with Crippen molar-refractivity contribution in [2.24, 2.45) is 0 Å². The number of carbonyl (C=O) groups is 1. The number of ketones is 1. The van der Waals surface area contributed by atoms with Crippen molar-refractivity contribution in [3.63, 3.8) is 0 Å². The SMILES string of the molecule is CCCCCOCc1cc(C(C)=O)ccc1OCC(O)CNC(C)C. The van der Waals surface area contributed by atoms with Crippen molar-refractivity contribution in [2.45, 2.75) is 65.7 Å². The number of rotatable bonds is 13. The molecule has 0 heterocycles. The van der Waals surface area contributed by atoms with Crippen molar-refractivity contribution >= 4 is 5.78 Å². The van der Waals surface area contributed by atoms with Crippen LogP contribution in [-0.2, 0) is 11.3 Å². The second kappa shape index (κ2) is 12.0. The molecule has 1 rings (SSSR count). The van der Waals surface area contributed by atoms with E-state index in [0.717, 1.165) is 24.8 Å². The van der Waals surface area contributed by atoms with Gasteiger partial charge in [0.25, 0.3) is 0 Å². The number of Topliss-reactive ketones (excluding diaryl/α,β-unsaturated/α-hetero) is 1. The lowest BCUT2D eigenvalue weighted by molar-refractivity contribution is 0.0955. The van der Waals surface area contributed by atoms with Gasteiger partial charge in [-0.2, -0.15) is 0 Å². The zero-order chi connectivity index (χ0) is 18.7. The molecule has 0 aliphatic rings. The van der Waals surface area contributed by atoms with Gasteiger partial charge < -0.3 is 19.9 Å². The van der Waals surface area contributed by atoms with E-state index in [1.54, 1.807) is 19.1 Å². The first-order chi connectivity index (χ1) is 11.9. The molecule has 0 fully saturated rings. The Labute approximate surface area is 151 Å². The van der Waals surface area contributed by atoms with Gasteiger partial charge in [0.1, 0.15) is 18.5 Å². The number of hydrogen-bond acceptors (Lipinski definition) is 5. The number of aliphatic hydroxyl groups is 1. The van der Waals surface area contributed by atoms with Crippen LogP contribution in [0.2, 0.25) is 0 Å². The average Bonchev–Trinajstić information content (AvgIpc) is 2.58. The molecule has 1 aromatic rings. The molecule has 5 heteroatoms. The maximum atomic E-state index is 11.6. The van der Waals surface area contributed by atoms with Crippen LogP contribution >= 0.6 is 0 Å². The van der Waals surface area contributed by atoms with E-state index in [0.29, 0.717) is 37.1 Å². The molecule has 0 bridgehead atoms. The first-order valence-corrected chi connectivity index (χ1v) is 9.19. The summed E-state index contributed by atoms with van der Waals surface area (Å²) < 4.78 is 11.5. The second-order valence-corrected chi connectivity index (χ2v) is 6.67. The molecule has 1 atom stereocenters. The Hall–Kier alpha value is -1.43. The van der Waals surface area contributed by atoms with Crippen LogP contribution in [0.4, 0.5) is 0 Å². The summed E-state index contributed by atoms with van der Waals surface area (Å²) in [6.45, 7) is 9.53. The monoisotopic (exact) mass is 351 g/mol. The molecule has 0 radical (unpaired) electrons. The summed E-state index contributed by atoms with van der Waals surface area (Å²) in [4.78, 5) is 11.6. The predicted octanol–water partition coefficient (Wildman–Crippen LogP) is 3.33. The van der Waals surface area contributed by atoms with E-state index in [-0.39, 0.29) is 12.4 Å². The van der Waals surface area contributed by atoms with Crippen LogP contribution in [-0.4, -0.2) is 42.8 Å². The molecule has 0 aliphatic heterocycles. The third-order valence-electron chi connectivity index (χ3n) is 3.81. The standard InChI is InChI=1S/C20H33NO4/c1-5-6-7-10-24-13-18-11-17(16(4)22)8-9-20(18)25-14-19(23)12-21-15(2)3/h8-9,11,15,19,21,23H,5-7,10,12-14H2,1-4H3. The summed E-state index contributed by atoms with van der Waals surface area (Å²) in [5.41, 5.74) is 1.48. The number of ether oxygens (including phenoxy) is 2. The molecule has 0 spiro atoms.